The van der Waals surface area contributed by atoms with Crippen molar-refractivity contribution in [1.29, 1.82) is 0 Å². The van der Waals surface area contributed by atoms with Crippen LogP contribution in [0.3, 0.4) is 0 Å². The molecule has 25 heavy (non-hydrogen) atoms. The fourth-order valence-electron chi connectivity index (χ4n) is 2.27. The highest BCUT2D eigenvalue weighted by Crippen LogP contribution is 2.27. The molecule has 0 bridgehead atoms. The lowest BCUT2D eigenvalue weighted by molar-refractivity contribution is -0.389. The molecule has 2 heterocycles. The summed E-state index contributed by atoms with van der Waals surface area (Å²) in [6.07, 6.45) is 2.24. The third-order valence-electron chi connectivity index (χ3n) is 3.45. The first kappa shape index (κ1) is 17.4. The Balaban J connectivity index is 1.49. The minimum Gasteiger partial charge on any atom is -0.363 e. The Hall–Kier alpha value is -2.46. The minimum absolute atomic E-state index is 0.0739. The first-order valence-corrected chi connectivity index (χ1v) is 9.11. The van der Waals surface area contributed by atoms with Gasteiger partial charge in [-0.05, 0) is 35.6 Å². The molecule has 0 saturated heterocycles. The van der Waals surface area contributed by atoms with E-state index in [1.165, 1.54) is 15.7 Å². The van der Waals surface area contributed by atoms with Crippen molar-refractivity contribution in [1.82, 2.24) is 14.7 Å². The Labute approximate surface area is 155 Å². The van der Waals surface area contributed by atoms with Gasteiger partial charge in [0.1, 0.15) is 6.20 Å². The highest BCUT2D eigenvalue weighted by molar-refractivity contribution is 9.10. The summed E-state index contributed by atoms with van der Waals surface area (Å²) in [6, 6.07) is 7.08. The Morgan fingerprint density at radius 2 is 2.08 bits per heavy atom. The normalized spacial score (nSPS) is 10.8. The van der Waals surface area contributed by atoms with Gasteiger partial charge < -0.3 is 20.7 Å². The molecule has 0 spiro atoms. The molecule has 3 aromatic rings. The average Bonchev–Trinajstić information content (AvgIpc) is 3.15. The number of nitrogens with one attached hydrogen (secondary N) is 2. The largest absolute Gasteiger partial charge is 0.372 e. The minimum atomic E-state index is -0.454. The summed E-state index contributed by atoms with van der Waals surface area (Å²) in [4.78, 5) is 27.5. The smallest absolute Gasteiger partial charge is 0.363 e. The van der Waals surface area contributed by atoms with Gasteiger partial charge in [0.05, 0.1) is 0 Å². The molecule has 1 amide bonds. The predicted molar refractivity (Wildman–Crippen MR) is 99.3 cm³/mol. The van der Waals surface area contributed by atoms with Crippen LogP contribution >= 0.6 is 27.3 Å². The molecule has 0 unspecified atom stereocenters. The summed E-state index contributed by atoms with van der Waals surface area (Å²) in [5.74, 6) is 0.0206. The van der Waals surface area contributed by atoms with E-state index in [1.807, 2.05) is 0 Å². The maximum absolute atomic E-state index is 12.0. The summed E-state index contributed by atoms with van der Waals surface area (Å²) >= 11 is 4.65. The van der Waals surface area contributed by atoms with Crippen molar-refractivity contribution in [3.05, 3.63) is 56.0 Å². The van der Waals surface area contributed by atoms with Crippen molar-refractivity contribution in [3.63, 3.8) is 0 Å². The van der Waals surface area contributed by atoms with Gasteiger partial charge in [-0.25, -0.2) is 0 Å². The fourth-order valence-corrected chi connectivity index (χ4v) is 3.24. The van der Waals surface area contributed by atoms with Gasteiger partial charge in [0, 0.05) is 28.5 Å². The molecule has 0 aliphatic heterocycles. The van der Waals surface area contributed by atoms with Crippen LogP contribution in [0.25, 0.3) is 4.96 Å². The number of anilines is 1. The van der Waals surface area contributed by atoms with E-state index in [0.29, 0.717) is 30.0 Å². The van der Waals surface area contributed by atoms with E-state index in [0.717, 1.165) is 4.47 Å². The van der Waals surface area contributed by atoms with Crippen LogP contribution in [0, 0.1) is 10.1 Å². The summed E-state index contributed by atoms with van der Waals surface area (Å²) in [7, 11) is 0. The lowest BCUT2D eigenvalue weighted by Crippen LogP contribution is -2.25. The number of carbonyl (C=O) groups excluding carboxylic acids is 1. The van der Waals surface area contributed by atoms with Crippen LogP contribution in [0.15, 0.2) is 40.3 Å². The standard InChI is InChI=1S/C15H14BrN5O3S/c16-11-4-2-10(3-5-11)13(22)18-7-1-6-17-12-14(21(23)24)20-8-9-25-15(20)19-12/h2-5,8-9,17H,1,6-7H2,(H,18,22). The number of hydrogen-bond acceptors (Lipinski definition) is 6. The lowest BCUT2D eigenvalue weighted by Gasteiger charge is -2.06. The number of fused-ring (bicyclic) bond motifs is 1. The summed E-state index contributed by atoms with van der Waals surface area (Å²) < 4.78 is 2.36. The summed E-state index contributed by atoms with van der Waals surface area (Å²) in [5.41, 5.74) is 0.584. The van der Waals surface area contributed by atoms with Crippen LogP contribution in [0.5, 0.6) is 0 Å². The number of thiazole rings is 1. The number of aromatic nitrogens is 2. The zero-order valence-corrected chi connectivity index (χ0v) is 15.3. The topological polar surface area (TPSA) is 102 Å². The second kappa shape index (κ2) is 7.62. The van der Waals surface area contributed by atoms with Gasteiger partial charge in [-0.15, -0.1) is 0 Å². The van der Waals surface area contributed by atoms with Crippen LogP contribution in [-0.2, 0) is 0 Å². The molecule has 10 heteroatoms. The average molecular weight is 424 g/mol. The fraction of sp³-hybridized carbons (Fsp3) is 0.200. The number of benzene rings is 1. The molecule has 0 aliphatic rings. The third kappa shape index (κ3) is 3.97. The van der Waals surface area contributed by atoms with Gasteiger partial charge in [0.15, 0.2) is 0 Å². The molecular formula is C15H14BrN5O3S. The zero-order chi connectivity index (χ0) is 17.8. The third-order valence-corrected chi connectivity index (χ3v) is 4.73. The van der Waals surface area contributed by atoms with Crippen LogP contribution in [0.4, 0.5) is 11.6 Å². The van der Waals surface area contributed by atoms with Crippen LogP contribution < -0.4 is 10.6 Å². The van der Waals surface area contributed by atoms with Crippen molar-refractivity contribution in [2.45, 2.75) is 6.42 Å². The molecule has 0 fully saturated rings. The number of hydrogen-bond donors (Lipinski definition) is 2. The Morgan fingerprint density at radius 3 is 2.80 bits per heavy atom. The number of nitrogens with zero attached hydrogens (tertiary/aromatic N) is 3. The first-order chi connectivity index (χ1) is 12.1. The molecular weight excluding hydrogens is 410 g/mol. The lowest BCUT2D eigenvalue weighted by atomic mass is 10.2. The number of nitro groups is 1. The molecule has 0 saturated carbocycles. The molecule has 3 rings (SSSR count). The first-order valence-electron chi connectivity index (χ1n) is 7.44. The molecule has 130 valence electrons. The second-order valence-electron chi connectivity index (χ2n) is 5.14. The van der Waals surface area contributed by atoms with E-state index in [-0.39, 0.29) is 17.5 Å². The van der Waals surface area contributed by atoms with Gasteiger partial charge >= 0.3 is 5.82 Å². The Kier molecular flexibility index (Phi) is 5.29. The van der Waals surface area contributed by atoms with Crippen molar-refractivity contribution in [2.75, 3.05) is 18.4 Å². The van der Waals surface area contributed by atoms with E-state index in [1.54, 1.807) is 35.8 Å². The van der Waals surface area contributed by atoms with E-state index in [4.69, 9.17) is 0 Å². The molecule has 2 aromatic heterocycles. The van der Waals surface area contributed by atoms with E-state index in [9.17, 15) is 14.9 Å². The highest BCUT2D eigenvalue weighted by Gasteiger charge is 2.22. The number of carbonyl (C=O) groups is 1. The molecule has 0 radical (unpaired) electrons. The van der Waals surface area contributed by atoms with Crippen molar-refractivity contribution < 1.29 is 9.72 Å². The second-order valence-corrected chi connectivity index (χ2v) is 6.93. The van der Waals surface area contributed by atoms with Crippen LogP contribution in [0.2, 0.25) is 0 Å². The Bertz CT molecular complexity index is 906. The maximum atomic E-state index is 12.0. The monoisotopic (exact) mass is 423 g/mol. The molecule has 8 nitrogen and oxygen atoms in total. The van der Waals surface area contributed by atoms with Crippen molar-refractivity contribution in [3.8, 4) is 0 Å². The van der Waals surface area contributed by atoms with Gasteiger partial charge in [0.2, 0.25) is 5.82 Å². The summed E-state index contributed by atoms with van der Waals surface area (Å²) in [6.45, 7) is 0.921. The SMILES string of the molecule is O=C(NCCCNc1nc2sccn2c1[N+](=O)[O-])c1ccc(Br)cc1. The number of halogens is 1. The van der Waals surface area contributed by atoms with Crippen LogP contribution in [-0.4, -0.2) is 33.3 Å². The predicted octanol–water partition coefficient (Wildman–Crippen LogP) is 3.30. The number of imidazole rings is 1. The Morgan fingerprint density at radius 1 is 1.32 bits per heavy atom. The van der Waals surface area contributed by atoms with E-state index >= 15 is 0 Å². The van der Waals surface area contributed by atoms with Gasteiger partial charge in [0.25, 0.3) is 10.9 Å². The highest BCUT2D eigenvalue weighted by atomic mass is 79.9. The van der Waals surface area contributed by atoms with E-state index in [2.05, 4.69) is 31.5 Å². The van der Waals surface area contributed by atoms with Crippen molar-refractivity contribution >= 4 is 49.8 Å². The molecule has 0 aliphatic carbocycles. The van der Waals surface area contributed by atoms with Crippen LogP contribution in [0.1, 0.15) is 16.8 Å². The van der Waals surface area contributed by atoms with Gasteiger partial charge in [-0.2, -0.15) is 9.38 Å². The van der Waals surface area contributed by atoms with E-state index < -0.39 is 4.92 Å². The van der Waals surface area contributed by atoms with Gasteiger partial charge in [-0.1, -0.05) is 27.3 Å². The van der Waals surface area contributed by atoms with Crippen molar-refractivity contribution in [2.24, 2.45) is 0 Å². The maximum Gasteiger partial charge on any atom is 0.372 e. The molecule has 1 aromatic carbocycles. The summed E-state index contributed by atoms with van der Waals surface area (Å²) in [5, 5.41) is 18.7. The number of rotatable bonds is 7. The number of amides is 1. The molecule has 0 atom stereocenters. The van der Waals surface area contributed by atoms with Gasteiger partial charge in [-0.3, -0.25) is 4.79 Å². The molecule has 2 N–H and O–H groups in total. The zero-order valence-electron chi connectivity index (χ0n) is 12.9. The quantitative estimate of drug-likeness (QED) is 0.344.